The number of carbonyl (C=O) groups is 3. The van der Waals surface area contributed by atoms with Crippen molar-refractivity contribution in [2.45, 2.75) is 18.9 Å². The van der Waals surface area contributed by atoms with Crippen LogP contribution in [0.25, 0.3) is 0 Å². The highest BCUT2D eigenvalue weighted by Gasteiger charge is 2.37. The molecule has 2 aromatic rings. The Kier molecular flexibility index (Phi) is 7.45. The third kappa shape index (κ3) is 5.48. The predicted molar refractivity (Wildman–Crippen MR) is 133 cm³/mol. The number of nitrogens with zero attached hydrogens (tertiary/aromatic N) is 2. The number of fused-ring (bicyclic) bond motifs is 1. The van der Waals surface area contributed by atoms with Crippen LogP contribution in [0.4, 0.5) is 0 Å². The summed E-state index contributed by atoms with van der Waals surface area (Å²) in [6.07, 6.45) is 1.19. The zero-order valence-electron chi connectivity index (χ0n) is 20.8. The van der Waals surface area contributed by atoms with Gasteiger partial charge in [0.05, 0.1) is 20.3 Å². The second-order valence-electron chi connectivity index (χ2n) is 9.32. The summed E-state index contributed by atoms with van der Waals surface area (Å²) in [5.74, 6) is 1.08. The van der Waals surface area contributed by atoms with Crippen molar-refractivity contribution < 1.29 is 33.3 Å². The number of likely N-dealkylation sites (tertiary alicyclic amines) is 1. The maximum Gasteiger partial charge on any atom is 0.253 e. The quantitative estimate of drug-likeness (QED) is 0.634. The van der Waals surface area contributed by atoms with Crippen molar-refractivity contribution in [3.8, 4) is 17.2 Å². The van der Waals surface area contributed by atoms with Gasteiger partial charge < -0.3 is 34.1 Å². The van der Waals surface area contributed by atoms with Gasteiger partial charge in [-0.2, -0.15) is 0 Å². The minimum atomic E-state index is -0.704. The Balaban J connectivity index is 1.29. The van der Waals surface area contributed by atoms with Crippen molar-refractivity contribution in [2.24, 2.45) is 5.92 Å². The van der Waals surface area contributed by atoms with Crippen LogP contribution in [0.3, 0.4) is 0 Å². The molecule has 0 radical (unpaired) electrons. The molecule has 0 aromatic heterocycles. The summed E-state index contributed by atoms with van der Waals surface area (Å²) in [6.45, 7) is 3.03. The maximum absolute atomic E-state index is 13.6. The van der Waals surface area contributed by atoms with Crippen LogP contribution in [0.15, 0.2) is 42.5 Å². The molecule has 37 heavy (non-hydrogen) atoms. The van der Waals surface area contributed by atoms with E-state index in [0.29, 0.717) is 80.6 Å². The van der Waals surface area contributed by atoms with E-state index in [-0.39, 0.29) is 30.4 Å². The summed E-state index contributed by atoms with van der Waals surface area (Å²) >= 11 is 0. The predicted octanol–water partition coefficient (Wildman–Crippen LogP) is 1.93. The van der Waals surface area contributed by atoms with Gasteiger partial charge in [0.25, 0.3) is 11.8 Å². The lowest BCUT2D eigenvalue weighted by Gasteiger charge is -2.38. The van der Waals surface area contributed by atoms with E-state index in [1.54, 1.807) is 59.4 Å². The molecule has 0 unspecified atom stereocenters. The smallest absolute Gasteiger partial charge is 0.253 e. The number of nitrogens with one attached hydrogen (secondary N) is 1. The van der Waals surface area contributed by atoms with Gasteiger partial charge >= 0.3 is 0 Å². The van der Waals surface area contributed by atoms with E-state index in [1.807, 2.05) is 0 Å². The second kappa shape index (κ2) is 11.1. The molecular formula is C27H31N3O7. The Bertz CT molecular complexity index is 1160. The minimum absolute atomic E-state index is 0.0715. The molecule has 3 heterocycles. The van der Waals surface area contributed by atoms with E-state index in [1.165, 1.54) is 0 Å². The Morgan fingerprint density at radius 1 is 0.919 bits per heavy atom. The number of hydrogen-bond donors (Lipinski definition) is 1. The average Bonchev–Trinajstić information content (AvgIpc) is 3.44. The zero-order chi connectivity index (χ0) is 25.8. The number of ether oxygens (including phenoxy) is 4. The third-order valence-corrected chi connectivity index (χ3v) is 7.13. The highest BCUT2D eigenvalue weighted by molar-refractivity contribution is 5.98. The first-order valence-electron chi connectivity index (χ1n) is 12.5. The van der Waals surface area contributed by atoms with E-state index < -0.39 is 6.04 Å². The number of benzene rings is 2. The van der Waals surface area contributed by atoms with Gasteiger partial charge in [-0.3, -0.25) is 14.4 Å². The van der Waals surface area contributed by atoms with E-state index in [2.05, 4.69) is 5.32 Å². The summed E-state index contributed by atoms with van der Waals surface area (Å²) < 4.78 is 21.4. The first kappa shape index (κ1) is 24.9. The third-order valence-electron chi connectivity index (χ3n) is 7.13. The molecule has 10 nitrogen and oxygen atoms in total. The van der Waals surface area contributed by atoms with Gasteiger partial charge in [-0.25, -0.2) is 0 Å². The van der Waals surface area contributed by atoms with E-state index in [9.17, 15) is 14.4 Å². The summed E-state index contributed by atoms with van der Waals surface area (Å²) in [5.41, 5.74) is 0.963. The lowest BCUT2D eigenvalue weighted by Crippen LogP contribution is -2.56. The lowest BCUT2D eigenvalue weighted by molar-refractivity contribution is -0.139. The average molecular weight is 510 g/mol. The molecule has 2 saturated heterocycles. The number of carbonyl (C=O) groups excluding carboxylic acids is 3. The van der Waals surface area contributed by atoms with Gasteiger partial charge in [-0.1, -0.05) is 6.07 Å². The second-order valence-corrected chi connectivity index (χ2v) is 9.32. The largest absolute Gasteiger partial charge is 0.497 e. The monoisotopic (exact) mass is 509 g/mol. The van der Waals surface area contributed by atoms with Gasteiger partial charge in [0.15, 0.2) is 11.5 Å². The number of rotatable bonds is 6. The molecule has 2 fully saturated rings. The highest BCUT2D eigenvalue weighted by atomic mass is 16.7. The van der Waals surface area contributed by atoms with Crippen molar-refractivity contribution in [1.82, 2.24) is 15.1 Å². The maximum atomic E-state index is 13.6. The topological polar surface area (TPSA) is 107 Å². The fourth-order valence-electron chi connectivity index (χ4n) is 5.00. The molecule has 1 atom stereocenters. The first-order valence-corrected chi connectivity index (χ1v) is 12.5. The van der Waals surface area contributed by atoms with Crippen LogP contribution in [-0.2, 0) is 9.53 Å². The molecule has 1 N–H and O–H groups in total. The summed E-state index contributed by atoms with van der Waals surface area (Å²) in [4.78, 5) is 43.4. The van der Waals surface area contributed by atoms with Crippen LogP contribution < -0.4 is 19.5 Å². The highest BCUT2D eigenvalue weighted by Crippen LogP contribution is 2.33. The molecule has 0 aliphatic carbocycles. The molecule has 3 aliphatic heterocycles. The van der Waals surface area contributed by atoms with E-state index in [0.717, 1.165) is 0 Å². The minimum Gasteiger partial charge on any atom is -0.497 e. The molecule has 0 spiro atoms. The van der Waals surface area contributed by atoms with E-state index in [4.69, 9.17) is 18.9 Å². The number of morpholine rings is 1. The van der Waals surface area contributed by atoms with Crippen LogP contribution in [0.5, 0.6) is 17.2 Å². The fourth-order valence-corrected chi connectivity index (χ4v) is 5.00. The SMILES string of the molecule is COc1cccc(C(=O)N2CCC([C@H](NC(=O)c3ccc4c(c3)OCO4)C(=O)N3CCOCC3)CC2)c1. The molecule has 196 valence electrons. The van der Waals surface area contributed by atoms with Crippen LogP contribution in [0, 0.1) is 5.92 Å². The van der Waals surface area contributed by atoms with Crippen LogP contribution >= 0.6 is 0 Å². The van der Waals surface area contributed by atoms with Crippen LogP contribution in [-0.4, -0.2) is 86.9 Å². The normalized spacial score (nSPS) is 18.3. The van der Waals surface area contributed by atoms with Crippen molar-refractivity contribution in [1.29, 1.82) is 0 Å². The van der Waals surface area contributed by atoms with Gasteiger partial charge in [0.2, 0.25) is 12.7 Å². The van der Waals surface area contributed by atoms with Crippen LogP contribution in [0.2, 0.25) is 0 Å². The number of piperidine rings is 1. The molecule has 2 aromatic carbocycles. The molecule has 0 bridgehead atoms. The molecular weight excluding hydrogens is 478 g/mol. The van der Waals surface area contributed by atoms with E-state index >= 15 is 0 Å². The molecule has 0 saturated carbocycles. The fraction of sp³-hybridized carbons (Fsp3) is 0.444. The Morgan fingerprint density at radius 2 is 1.68 bits per heavy atom. The standard InChI is InChI=1S/C27H31N3O7/c1-34-21-4-2-3-20(15-21)26(32)29-9-7-18(8-10-29)24(27(33)30-11-13-35-14-12-30)28-25(31)19-5-6-22-23(16-19)37-17-36-22/h2-6,15-16,18,24H,7-14,17H2,1H3,(H,28,31)/t24-/m0/s1. The Hall–Kier alpha value is -3.79. The molecule has 3 amide bonds. The molecule has 5 rings (SSSR count). The van der Waals surface area contributed by atoms with Crippen molar-refractivity contribution in [2.75, 3.05) is 53.3 Å². The van der Waals surface area contributed by atoms with Crippen molar-refractivity contribution in [3.05, 3.63) is 53.6 Å². The lowest BCUT2D eigenvalue weighted by atomic mass is 9.87. The van der Waals surface area contributed by atoms with Gasteiger partial charge in [-0.15, -0.1) is 0 Å². The molecule has 3 aliphatic rings. The summed E-state index contributed by atoms with van der Waals surface area (Å²) in [5, 5.41) is 2.99. The Labute approximate surface area is 215 Å². The number of amides is 3. The van der Waals surface area contributed by atoms with Gasteiger partial charge in [0.1, 0.15) is 11.8 Å². The first-order chi connectivity index (χ1) is 18.0. The van der Waals surface area contributed by atoms with Crippen molar-refractivity contribution in [3.63, 3.8) is 0 Å². The summed E-state index contributed by atoms with van der Waals surface area (Å²) in [7, 11) is 1.57. The Morgan fingerprint density at radius 3 is 2.43 bits per heavy atom. The van der Waals surface area contributed by atoms with Crippen LogP contribution in [0.1, 0.15) is 33.6 Å². The number of hydrogen-bond acceptors (Lipinski definition) is 7. The van der Waals surface area contributed by atoms with Crippen molar-refractivity contribution >= 4 is 17.7 Å². The van der Waals surface area contributed by atoms with Gasteiger partial charge in [0, 0.05) is 37.3 Å². The number of methoxy groups -OCH3 is 1. The zero-order valence-corrected chi connectivity index (χ0v) is 20.8. The van der Waals surface area contributed by atoms with Gasteiger partial charge in [-0.05, 0) is 55.2 Å². The molecule has 10 heteroatoms. The summed E-state index contributed by atoms with van der Waals surface area (Å²) in [6, 6.07) is 11.4.